The first-order valence-electron chi connectivity index (χ1n) is 8.20. The SMILES string of the molecule is Cn1cc(CN2Cc3cncn3C(C(=O)NCc3ccco3)C2)cn1. The van der Waals surface area contributed by atoms with E-state index < -0.39 is 0 Å². The largest absolute Gasteiger partial charge is 0.467 e. The average Bonchev–Trinajstić information content (AvgIpc) is 3.33. The van der Waals surface area contributed by atoms with E-state index in [9.17, 15) is 4.79 Å². The van der Waals surface area contributed by atoms with Gasteiger partial charge < -0.3 is 14.3 Å². The highest BCUT2D eigenvalue weighted by molar-refractivity contribution is 5.80. The normalized spacial score (nSPS) is 17.4. The number of rotatable bonds is 5. The molecule has 1 aliphatic rings. The molecule has 0 bridgehead atoms. The summed E-state index contributed by atoms with van der Waals surface area (Å²) in [4.78, 5) is 19.2. The molecule has 130 valence electrons. The zero-order valence-electron chi connectivity index (χ0n) is 14.0. The van der Waals surface area contributed by atoms with Crippen molar-refractivity contribution in [2.24, 2.45) is 7.05 Å². The molecule has 1 aliphatic heterocycles. The van der Waals surface area contributed by atoms with Crippen molar-refractivity contribution in [2.75, 3.05) is 6.54 Å². The second-order valence-corrected chi connectivity index (χ2v) is 6.30. The fraction of sp³-hybridized carbons (Fsp3) is 0.353. The maximum absolute atomic E-state index is 12.7. The maximum atomic E-state index is 12.7. The summed E-state index contributed by atoms with van der Waals surface area (Å²) >= 11 is 0. The van der Waals surface area contributed by atoms with Gasteiger partial charge in [-0.1, -0.05) is 0 Å². The Labute approximate surface area is 145 Å². The molecule has 1 amide bonds. The summed E-state index contributed by atoms with van der Waals surface area (Å²) in [5.74, 6) is 0.703. The van der Waals surface area contributed by atoms with Crippen molar-refractivity contribution in [1.82, 2.24) is 29.5 Å². The minimum atomic E-state index is -0.308. The number of aryl methyl sites for hydroxylation is 1. The van der Waals surface area contributed by atoms with Crippen molar-refractivity contribution in [2.45, 2.75) is 25.7 Å². The number of carbonyl (C=O) groups is 1. The van der Waals surface area contributed by atoms with Crippen LogP contribution in [0.5, 0.6) is 0 Å². The molecule has 3 aromatic rings. The number of nitrogens with zero attached hydrogens (tertiary/aromatic N) is 5. The minimum Gasteiger partial charge on any atom is -0.467 e. The molecule has 0 saturated heterocycles. The predicted octanol–water partition coefficient (Wildman–Crippen LogP) is 1.08. The summed E-state index contributed by atoms with van der Waals surface area (Å²) in [7, 11) is 1.90. The van der Waals surface area contributed by atoms with Crippen molar-refractivity contribution in [3.8, 4) is 0 Å². The molecule has 0 aliphatic carbocycles. The van der Waals surface area contributed by atoms with E-state index >= 15 is 0 Å². The molecule has 0 radical (unpaired) electrons. The zero-order chi connectivity index (χ0) is 17.2. The zero-order valence-corrected chi connectivity index (χ0v) is 14.0. The highest BCUT2D eigenvalue weighted by Crippen LogP contribution is 2.22. The topological polar surface area (TPSA) is 81.1 Å². The molecule has 1 unspecified atom stereocenters. The number of imidazole rings is 1. The van der Waals surface area contributed by atoms with Gasteiger partial charge in [0, 0.05) is 44.6 Å². The van der Waals surface area contributed by atoms with Gasteiger partial charge in [-0.15, -0.1) is 0 Å². The smallest absolute Gasteiger partial charge is 0.244 e. The van der Waals surface area contributed by atoms with E-state index in [-0.39, 0.29) is 11.9 Å². The van der Waals surface area contributed by atoms with Crippen LogP contribution >= 0.6 is 0 Å². The highest BCUT2D eigenvalue weighted by atomic mass is 16.3. The van der Waals surface area contributed by atoms with Crippen LogP contribution in [0.25, 0.3) is 0 Å². The van der Waals surface area contributed by atoms with E-state index in [1.54, 1.807) is 17.3 Å². The summed E-state index contributed by atoms with van der Waals surface area (Å²) in [6, 6.07) is 3.35. The second-order valence-electron chi connectivity index (χ2n) is 6.30. The Hall–Kier alpha value is -2.87. The van der Waals surface area contributed by atoms with Crippen LogP contribution in [0.4, 0.5) is 0 Å². The number of amides is 1. The number of fused-ring (bicyclic) bond motifs is 1. The van der Waals surface area contributed by atoms with E-state index in [2.05, 4.69) is 20.3 Å². The molecule has 4 heterocycles. The van der Waals surface area contributed by atoms with E-state index in [0.717, 1.165) is 30.1 Å². The molecule has 8 nitrogen and oxygen atoms in total. The first kappa shape index (κ1) is 15.6. The van der Waals surface area contributed by atoms with Crippen LogP contribution in [0.15, 0.2) is 47.7 Å². The monoisotopic (exact) mass is 340 g/mol. The van der Waals surface area contributed by atoms with Gasteiger partial charge in [0.2, 0.25) is 5.91 Å². The van der Waals surface area contributed by atoms with Crippen LogP contribution in [0, 0.1) is 0 Å². The first-order valence-corrected chi connectivity index (χ1v) is 8.20. The van der Waals surface area contributed by atoms with Crippen LogP contribution in [-0.4, -0.2) is 36.7 Å². The molecule has 3 aromatic heterocycles. The van der Waals surface area contributed by atoms with Crippen LogP contribution in [0.3, 0.4) is 0 Å². The van der Waals surface area contributed by atoms with Gasteiger partial charge >= 0.3 is 0 Å². The number of nitrogens with one attached hydrogen (secondary N) is 1. The lowest BCUT2D eigenvalue weighted by Gasteiger charge is -2.33. The predicted molar refractivity (Wildman–Crippen MR) is 89.1 cm³/mol. The summed E-state index contributed by atoms with van der Waals surface area (Å²) in [5.41, 5.74) is 2.17. The van der Waals surface area contributed by atoms with E-state index in [1.807, 2.05) is 42.3 Å². The Morgan fingerprint density at radius 2 is 2.36 bits per heavy atom. The lowest BCUT2D eigenvalue weighted by atomic mass is 10.1. The summed E-state index contributed by atoms with van der Waals surface area (Å²) in [5, 5.41) is 7.16. The van der Waals surface area contributed by atoms with Gasteiger partial charge in [0.05, 0.1) is 31.0 Å². The van der Waals surface area contributed by atoms with E-state index in [0.29, 0.717) is 13.1 Å². The van der Waals surface area contributed by atoms with Gasteiger partial charge in [-0.05, 0) is 12.1 Å². The first-order chi connectivity index (χ1) is 12.2. The van der Waals surface area contributed by atoms with Gasteiger partial charge in [0.25, 0.3) is 0 Å². The van der Waals surface area contributed by atoms with Gasteiger partial charge in [-0.3, -0.25) is 14.4 Å². The molecule has 0 fully saturated rings. The third kappa shape index (κ3) is 3.34. The molecular formula is C17H20N6O2. The van der Waals surface area contributed by atoms with E-state index in [4.69, 9.17) is 4.42 Å². The van der Waals surface area contributed by atoms with Gasteiger partial charge in [0.15, 0.2) is 0 Å². The molecule has 1 N–H and O–H groups in total. The fourth-order valence-corrected chi connectivity index (χ4v) is 3.21. The molecule has 0 spiro atoms. The second kappa shape index (κ2) is 6.56. The number of hydrogen-bond acceptors (Lipinski definition) is 5. The van der Waals surface area contributed by atoms with Crippen LogP contribution in [0.1, 0.15) is 23.1 Å². The average molecular weight is 340 g/mol. The number of aromatic nitrogens is 4. The van der Waals surface area contributed by atoms with Crippen molar-refractivity contribution >= 4 is 5.91 Å². The molecule has 0 aromatic carbocycles. The van der Waals surface area contributed by atoms with Crippen molar-refractivity contribution < 1.29 is 9.21 Å². The summed E-state index contributed by atoms with van der Waals surface area (Å²) in [6.45, 7) is 2.52. The standard InChI is InChI=1S/C17H20N6O2/c1-21-8-13(5-20-21)9-22-10-14-6-18-12-23(14)16(11-22)17(24)19-7-15-3-2-4-25-15/h2-6,8,12,16H,7,9-11H2,1H3,(H,19,24). The lowest BCUT2D eigenvalue weighted by Crippen LogP contribution is -2.43. The van der Waals surface area contributed by atoms with Crippen molar-refractivity contribution in [3.05, 3.63) is 60.3 Å². The lowest BCUT2D eigenvalue weighted by molar-refractivity contribution is -0.125. The number of hydrogen-bond donors (Lipinski definition) is 1. The Kier molecular flexibility index (Phi) is 4.10. The fourth-order valence-electron chi connectivity index (χ4n) is 3.21. The third-order valence-electron chi connectivity index (χ3n) is 4.38. The third-order valence-corrected chi connectivity index (χ3v) is 4.38. The molecule has 8 heteroatoms. The maximum Gasteiger partial charge on any atom is 0.244 e. The molecule has 0 saturated carbocycles. The van der Waals surface area contributed by atoms with Crippen LogP contribution < -0.4 is 5.32 Å². The summed E-state index contributed by atoms with van der Waals surface area (Å²) < 4.78 is 9.02. The number of furan rings is 1. The van der Waals surface area contributed by atoms with Crippen LogP contribution in [0.2, 0.25) is 0 Å². The molecule has 25 heavy (non-hydrogen) atoms. The molecule has 4 rings (SSSR count). The van der Waals surface area contributed by atoms with Crippen molar-refractivity contribution in [1.29, 1.82) is 0 Å². The highest BCUT2D eigenvalue weighted by Gasteiger charge is 2.30. The van der Waals surface area contributed by atoms with Crippen molar-refractivity contribution in [3.63, 3.8) is 0 Å². The summed E-state index contributed by atoms with van der Waals surface area (Å²) in [6.07, 6.45) is 9.01. The van der Waals surface area contributed by atoms with Gasteiger partial charge in [-0.25, -0.2) is 4.98 Å². The molecular weight excluding hydrogens is 320 g/mol. The Morgan fingerprint density at radius 1 is 1.44 bits per heavy atom. The van der Waals surface area contributed by atoms with Gasteiger partial charge in [0.1, 0.15) is 11.8 Å². The minimum absolute atomic E-state index is 0.0356. The Morgan fingerprint density at radius 3 is 3.12 bits per heavy atom. The Balaban J connectivity index is 1.47. The van der Waals surface area contributed by atoms with Crippen LogP contribution in [-0.2, 0) is 31.5 Å². The van der Waals surface area contributed by atoms with Gasteiger partial charge in [-0.2, -0.15) is 5.10 Å². The quantitative estimate of drug-likeness (QED) is 0.752. The van der Waals surface area contributed by atoms with E-state index in [1.165, 1.54) is 0 Å². The number of carbonyl (C=O) groups excluding carboxylic acids is 1. The molecule has 1 atom stereocenters. The Bertz CT molecular complexity index is 850.